The van der Waals surface area contributed by atoms with Gasteiger partial charge in [0.25, 0.3) is 0 Å². The summed E-state index contributed by atoms with van der Waals surface area (Å²) >= 11 is 0. The Morgan fingerprint density at radius 1 is 0.963 bits per heavy atom. The maximum absolute atomic E-state index is 13.1. The van der Waals surface area contributed by atoms with Gasteiger partial charge in [-0.15, -0.1) is 0 Å². The maximum atomic E-state index is 13.1. The predicted octanol–water partition coefficient (Wildman–Crippen LogP) is 4.63. The van der Waals surface area contributed by atoms with Crippen molar-refractivity contribution in [2.45, 2.75) is 32.4 Å². The first-order chi connectivity index (χ1) is 12.8. The van der Waals surface area contributed by atoms with Crippen LogP contribution in [-0.4, -0.2) is 11.8 Å². The number of halogens is 3. The molecule has 0 aliphatic heterocycles. The lowest BCUT2D eigenvalue weighted by Crippen LogP contribution is -2.36. The number of carbonyl (C=O) groups excluding carboxylic acids is 2. The summed E-state index contributed by atoms with van der Waals surface area (Å²) in [6.45, 7) is 2.01. The first-order valence-electron chi connectivity index (χ1n) is 8.64. The highest BCUT2D eigenvalue weighted by atomic mass is 19.4. The summed E-state index contributed by atoms with van der Waals surface area (Å²) in [6.07, 6.45) is -3.14. The van der Waals surface area contributed by atoms with Crippen LogP contribution in [0, 0.1) is 5.41 Å². The van der Waals surface area contributed by atoms with Crippen molar-refractivity contribution in [3.8, 4) is 0 Å². The molecule has 0 bridgehead atoms. The predicted molar refractivity (Wildman–Crippen MR) is 96.2 cm³/mol. The van der Waals surface area contributed by atoms with Crippen molar-refractivity contribution < 1.29 is 22.8 Å². The molecule has 1 fully saturated rings. The third-order valence-electron chi connectivity index (χ3n) is 4.72. The summed E-state index contributed by atoms with van der Waals surface area (Å²) in [5.74, 6) is -1.23. The first-order valence-corrected chi connectivity index (χ1v) is 8.64. The Labute approximate surface area is 154 Å². The molecule has 0 heterocycles. The Morgan fingerprint density at radius 2 is 1.56 bits per heavy atom. The lowest BCUT2D eigenvalue weighted by Gasteiger charge is -2.18. The van der Waals surface area contributed by atoms with Gasteiger partial charge >= 0.3 is 6.18 Å². The van der Waals surface area contributed by atoms with E-state index >= 15 is 0 Å². The zero-order valence-electron chi connectivity index (χ0n) is 14.7. The van der Waals surface area contributed by atoms with E-state index in [1.54, 1.807) is 12.1 Å². The number of carbonyl (C=O) groups is 2. The summed E-state index contributed by atoms with van der Waals surface area (Å²) in [6, 6.07) is 11.9. The zero-order valence-corrected chi connectivity index (χ0v) is 14.7. The van der Waals surface area contributed by atoms with Crippen LogP contribution in [0.1, 0.15) is 30.9 Å². The van der Waals surface area contributed by atoms with E-state index in [0.717, 1.165) is 18.1 Å². The van der Waals surface area contributed by atoms with E-state index in [1.165, 1.54) is 18.2 Å². The van der Waals surface area contributed by atoms with E-state index in [0.29, 0.717) is 18.5 Å². The van der Waals surface area contributed by atoms with Crippen LogP contribution < -0.4 is 10.6 Å². The largest absolute Gasteiger partial charge is 0.418 e. The summed E-state index contributed by atoms with van der Waals surface area (Å²) in [4.78, 5) is 25.1. The number of aryl methyl sites for hydroxylation is 1. The van der Waals surface area contributed by atoms with Gasteiger partial charge in [0.15, 0.2) is 0 Å². The van der Waals surface area contributed by atoms with Gasteiger partial charge < -0.3 is 10.6 Å². The fraction of sp³-hybridized carbons (Fsp3) is 0.300. The number of hydrogen-bond acceptors (Lipinski definition) is 2. The third-order valence-corrected chi connectivity index (χ3v) is 4.72. The van der Waals surface area contributed by atoms with Gasteiger partial charge in [0, 0.05) is 5.69 Å². The third kappa shape index (κ3) is 3.97. The molecule has 0 radical (unpaired) electrons. The molecule has 0 saturated heterocycles. The van der Waals surface area contributed by atoms with Gasteiger partial charge in [-0.25, -0.2) is 0 Å². The van der Waals surface area contributed by atoms with Crippen LogP contribution in [0.3, 0.4) is 0 Å². The smallest absolute Gasteiger partial charge is 0.325 e. The van der Waals surface area contributed by atoms with Crippen molar-refractivity contribution in [2.24, 2.45) is 5.41 Å². The van der Waals surface area contributed by atoms with Crippen LogP contribution in [0.2, 0.25) is 0 Å². The topological polar surface area (TPSA) is 58.2 Å². The van der Waals surface area contributed by atoms with Crippen LogP contribution in [-0.2, 0) is 22.2 Å². The summed E-state index contributed by atoms with van der Waals surface area (Å²) < 4.78 is 39.3. The molecule has 0 atom stereocenters. The molecule has 27 heavy (non-hydrogen) atoms. The molecule has 0 spiro atoms. The molecular weight excluding hydrogens is 357 g/mol. The second-order valence-electron chi connectivity index (χ2n) is 6.58. The van der Waals surface area contributed by atoms with Crippen LogP contribution >= 0.6 is 0 Å². The molecule has 1 saturated carbocycles. The van der Waals surface area contributed by atoms with Crippen molar-refractivity contribution in [1.29, 1.82) is 0 Å². The second kappa shape index (κ2) is 7.06. The highest BCUT2D eigenvalue weighted by Crippen LogP contribution is 2.48. The van der Waals surface area contributed by atoms with E-state index in [9.17, 15) is 22.8 Å². The van der Waals surface area contributed by atoms with Gasteiger partial charge in [-0.05, 0) is 49.1 Å². The fourth-order valence-corrected chi connectivity index (χ4v) is 2.84. The van der Waals surface area contributed by atoms with E-state index in [-0.39, 0.29) is 5.69 Å². The Kier molecular flexibility index (Phi) is 4.95. The molecule has 3 rings (SSSR count). The molecule has 7 heteroatoms. The molecule has 0 unspecified atom stereocenters. The second-order valence-corrected chi connectivity index (χ2v) is 6.58. The number of alkyl halides is 3. The van der Waals surface area contributed by atoms with Gasteiger partial charge in [-0.2, -0.15) is 13.2 Å². The van der Waals surface area contributed by atoms with Gasteiger partial charge in [0.2, 0.25) is 11.8 Å². The van der Waals surface area contributed by atoms with E-state index in [1.807, 2.05) is 19.1 Å². The van der Waals surface area contributed by atoms with Crippen molar-refractivity contribution in [3.05, 3.63) is 59.7 Å². The zero-order chi connectivity index (χ0) is 19.7. The lowest BCUT2D eigenvalue weighted by molar-refractivity contribution is -0.137. The van der Waals surface area contributed by atoms with Gasteiger partial charge in [-0.3, -0.25) is 9.59 Å². The molecule has 2 amide bonds. The molecule has 1 aliphatic rings. The summed E-state index contributed by atoms with van der Waals surface area (Å²) in [7, 11) is 0. The number of hydrogen-bond donors (Lipinski definition) is 2. The van der Waals surface area contributed by atoms with E-state index < -0.39 is 29.0 Å². The van der Waals surface area contributed by atoms with Gasteiger partial charge in [0.05, 0.1) is 11.3 Å². The summed E-state index contributed by atoms with van der Waals surface area (Å²) in [5.41, 5.74) is -0.962. The maximum Gasteiger partial charge on any atom is 0.418 e. The van der Waals surface area contributed by atoms with E-state index in [2.05, 4.69) is 10.6 Å². The number of para-hydroxylation sites is 1. The van der Waals surface area contributed by atoms with Crippen LogP contribution in [0.4, 0.5) is 24.5 Å². The highest BCUT2D eigenvalue weighted by Gasteiger charge is 2.56. The first kappa shape index (κ1) is 18.9. The SMILES string of the molecule is CCc1ccc(NC(=O)C2(C(=O)Nc3ccccc3C(F)(F)F)CC2)cc1. The fourth-order valence-electron chi connectivity index (χ4n) is 2.84. The molecule has 2 N–H and O–H groups in total. The molecule has 2 aromatic rings. The molecule has 4 nitrogen and oxygen atoms in total. The minimum atomic E-state index is -4.59. The number of anilines is 2. The van der Waals surface area contributed by atoms with Gasteiger partial charge in [-0.1, -0.05) is 31.2 Å². The molecule has 2 aromatic carbocycles. The van der Waals surface area contributed by atoms with Crippen LogP contribution in [0.5, 0.6) is 0 Å². The number of rotatable bonds is 5. The minimum Gasteiger partial charge on any atom is -0.325 e. The van der Waals surface area contributed by atoms with Crippen molar-refractivity contribution in [3.63, 3.8) is 0 Å². The average molecular weight is 376 g/mol. The molecule has 142 valence electrons. The van der Waals surface area contributed by atoms with Crippen molar-refractivity contribution >= 4 is 23.2 Å². The average Bonchev–Trinajstić information content (AvgIpc) is 3.44. The standard InChI is InChI=1S/C20H19F3N2O2/c1-2-13-7-9-14(10-8-13)24-17(26)19(11-12-19)18(27)25-16-6-4-3-5-15(16)20(21,22)23/h3-10H,2,11-12H2,1H3,(H,24,26)(H,25,27). The molecule has 0 aromatic heterocycles. The summed E-state index contributed by atoms with van der Waals surface area (Å²) in [5, 5.41) is 4.97. The lowest BCUT2D eigenvalue weighted by atomic mass is 10.0. The molecule has 1 aliphatic carbocycles. The number of amides is 2. The van der Waals surface area contributed by atoms with Crippen molar-refractivity contribution in [2.75, 3.05) is 10.6 Å². The Balaban J connectivity index is 1.74. The Bertz CT molecular complexity index is 856. The Hall–Kier alpha value is -2.83. The number of benzene rings is 2. The number of nitrogens with one attached hydrogen (secondary N) is 2. The Morgan fingerprint density at radius 3 is 2.11 bits per heavy atom. The van der Waals surface area contributed by atoms with Crippen LogP contribution in [0.15, 0.2) is 48.5 Å². The van der Waals surface area contributed by atoms with Crippen molar-refractivity contribution in [1.82, 2.24) is 0 Å². The monoisotopic (exact) mass is 376 g/mol. The van der Waals surface area contributed by atoms with Crippen LogP contribution in [0.25, 0.3) is 0 Å². The quantitative estimate of drug-likeness (QED) is 0.748. The normalized spacial score (nSPS) is 15.1. The highest BCUT2D eigenvalue weighted by molar-refractivity contribution is 6.17. The molecular formula is C20H19F3N2O2. The van der Waals surface area contributed by atoms with E-state index in [4.69, 9.17) is 0 Å². The minimum absolute atomic E-state index is 0.298. The van der Waals surface area contributed by atoms with Gasteiger partial charge in [0.1, 0.15) is 5.41 Å².